The molecule has 2 amide bonds. The number of methoxy groups -OCH3 is 1. The van der Waals surface area contributed by atoms with Crippen LogP contribution in [0.4, 0.5) is 11.5 Å². The number of carbonyl (C=O) groups is 3. The molecule has 11 nitrogen and oxygen atoms in total. The smallest absolute Gasteiger partial charge is 0.311 e. The van der Waals surface area contributed by atoms with E-state index < -0.39 is 34.2 Å². The van der Waals surface area contributed by atoms with E-state index in [-0.39, 0.29) is 36.4 Å². The van der Waals surface area contributed by atoms with E-state index in [1.807, 2.05) is 0 Å². The van der Waals surface area contributed by atoms with E-state index in [0.29, 0.717) is 29.4 Å². The number of hydrogen-bond acceptors (Lipinski definition) is 8. The lowest BCUT2D eigenvalue weighted by atomic mass is 10.1. The van der Waals surface area contributed by atoms with Crippen molar-refractivity contribution >= 4 is 39.1 Å². The second-order valence-electron chi connectivity index (χ2n) is 8.44. The molecule has 0 saturated carbocycles. The number of sulfone groups is 1. The lowest BCUT2D eigenvalue weighted by Crippen LogP contribution is -2.28. The van der Waals surface area contributed by atoms with E-state index >= 15 is 0 Å². The molecule has 0 aliphatic carbocycles. The van der Waals surface area contributed by atoms with Crippen LogP contribution in [0.3, 0.4) is 0 Å². The van der Waals surface area contributed by atoms with Gasteiger partial charge in [0.25, 0.3) is 5.91 Å². The zero-order valence-electron chi connectivity index (χ0n) is 18.9. The third-order valence-corrected chi connectivity index (χ3v) is 7.60. The van der Waals surface area contributed by atoms with E-state index in [0.717, 1.165) is 0 Å². The van der Waals surface area contributed by atoms with Crippen LogP contribution in [-0.2, 0) is 29.0 Å². The molecule has 0 spiro atoms. The fourth-order valence-electron chi connectivity index (χ4n) is 4.18. The van der Waals surface area contributed by atoms with Gasteiger partial charge in [0, 0.05) is 30.8 Å². The van der Waals surface area contributed by atoms with Crippen molar-refractivity contribution in [1.29, 1.82) is 0 Å². The van der Waals surface area contributed by atoms with Gasteiger partial charge in [0.05, 0.1) is 36.3 Å². The number of hydrogen-bond donors (Lipinski definition) is 1. The SMILES string of the molecule is COc1cccc(N2CC(C(=O)OCC(=O)Nc3cc(C)nn3C3CCS(=O)(=O)C3)CC2=O)c1. The number of ether oxygens (including phenoxy) is 2. The van der Waals surface area contributed by atoms with Crippen molar-refractivity contribution in [3.63, 3.8) is 0 Å². The lowest BCUT2D eigenvalue weighted by molar-refractivity contribution is -0.151. The van der Waals surface area contributed by atoms with Gasteiger partial charge in [0.1, 0.15) is 11.6 Å². The van der Waals surface area contributed by atoms with Gasteiger partial charge in [-0.3, -0.25) is 14.4 Å². The summed E-state index contributed by atoms with van der Waals surface area (Å²) in [5.41, 5.74) is 1.24. The van der Waals surface area contributed by atoms with Crippen LogP contribution in [0.15, 0.2) is 30.3 Å². The van der Waals surface area contributed by atoms with Gasteiger partial charge >= 0.3 is 5.97 Å². The number of carbonyl (C=O) groups excluding carboxylic acids is 3. The van der Waals surface area contributed by atoms with E-state index in [1.54, 1.807) is 37.3 Å². The number of aromatic nitrogens is 2. The zero-order chi connectivity index (χ0) is 24.5. The summed E-state index contributed by atoms with van der Waals surface area (Å²) >= 11 is 0. The Bertz CT molecular complexity index is 1220. The second kappa shape index (κ2) is 9.45. The quantitative estimate of drug-likeness (QED) is 0.570. The second-order valence-corrected chi connectivity index (χ2v) is 10.7. The highest BCUT2D eigenvalue weighted by atomic mass is 32.2. The summed E-state index contributed by atoms with van der Waals surface area (Å²) < 4.78 is 35.5. The molecule has 0 bridgehead atoms. The van der Waals surface area contributed by atoms with Gasteiger partial charge in [-0.25, -0.2) is 13.1 Å². The maximum absolute atomic E-state index is 12.5. The number of esters is 1. The lowest BCUT2D eigenvalue weighted by Gasteiger charge is -2.17. The van der Waals surface area contributed by atoms with Crippen molar-refractivity contribution in [3.8, 4) is 5.75 Å². The Hall–Kier alpha value is -3.41. The molecule has 2 unspecified atom stereocenters. The molecule has 2 aliphatic heterocycles. The van der Waals surface area contributed by atoms with Crippen molar-refractivity contribution in [1.82, 2.24) is 9.78 Å². The van der Waals surface area contributed by atoms with Gasteiger partial charge in [-0.2, -0.15) is 5.10 Å². The van der Waals surface area contributed by atoms with Gasteiger partial charge in [-0.05, 0) is 25.5 Å². The number of aryl methyl sites for hydroxylation is 1. The average molecular weight is 491 g/mol. The molecule has 2 atom stereocenters. The predicted octanol–water partition coefficient (Wildman–Crippen LogP) is 1.09. The molecule has 4 rings (SSSR count). The Balaban J connectivity index is 1.33. The monoisotopic (exact) mass is 490 g/mol. The maximum atomic E-state index is 12.5. The van der Waals surface area contributed by atoms with Crippen LogP contribution in [-0.4, -0.2) is 67.7 Å². The van der Waals surface area contributed by atoms with Crippen LogP contribution in [0.5, 0.6) is 5.75 Å². The molecular formula is C22H26N4O7S. The van der Waals surface area contributed by atoms with Crippen molar-refractivity contribution in [2.75, 3.05) is 42.0 Å². The van der Waals surface area contributed by atoms with Gasteiger partial charge in [-0.1, -0.05) is 6.07 Å². The van der Waals surface area contributed by atoms with Crippen LogP contribution in [0.2, 0.25) is 0 Å². The number of amides is 2. The first-order chi connectivity index (χ1) is 16.1. The third kappa shape index (κ3) is 5.22. The molecule has 1 aromatic heterocycles. The fourth-order valence-corrected chi connectivity index (χ4v) is 5.88. The first-order valence-corrected chi connectivity index (χ1v) is 12.6. The normalized spacial score (nSPS) is 21.5. The molecule has 12 heteroatoms. The Kier molecular flexibility index (Phi) is 6.60. The molecule has 34 heavy (non-hydrogen) atoms. The van der Waals surface area contributed by atoms with Crippen molar-refractivity contribution < 1.29 is 32.3 Å². The highest BCUT2D eigenvalue weighted by Gasteiger charge is 2.37. The molecular weight excluding hydrogens is 464 g/mol. The minimum Gasteiger partial charge on any atom is -0.497 e. The molecule has 2 aromatic rings. The maximum Gasteiger partial charge on any atom is 0.311 e. The summed E-state index contributed by atoms with van der Waals surface area (Å²) in [5, 5.41) is 6.94. The first-order valence-electron chi connectivity index (χ1n) is 10.8. The highest BCUT2D eigenvalue weighted by Crippen LogP contribution is 2.29. The third-order valence-electron chi connectivity index (χ3n) is 5.85. The standard InChI is InChI=1S/C22H26N4O7S/c1-14-8-19(26(24-14)17-6-7-34(30,31)13-17)23-20(27)12-33-22(29)15-9-21(28)25(11-15)16-4-3-5-18(10-16)32-2/h3-5,8,10,15,17H,6-7,9,11-13H2,1-2H3,(H,23,27). The Morgan fingerprint density at radius 3 is 2.76 bits per heavy atom. The van der Waals surface area contributed by atoms with E-state index in [2.05, 4.69) is 10.4 Å². The van der Waals surface area contributed by atoms with E-state index in [9.17, 15) is 22.8 Å². The van der Waals surface area contributed by atoms with Gasteiger partial charge in [0.2, 0.25) is 5.91 Å². The summed E-state index contributed by atoms with van der Waals surface area (Å²) in [4.78, 5) is 38.8. The van der Waals surface area contributed by atoms with Crippen LogP contribution in [0.25, 0.3) is 0 Å². The molecule has 3 heterocycles. The summed E-state index contributed by atoms with van der Waals surface area (Å²) in [6.07, 6.45) is 0.403. The summed E-state index contributed by atoms with van der Waals surface area (Å²) in [6.45, 7) is 1.35. The van der Waals surface area contributed by atoms with Crippen LogP contribution < -0.4 is 15.0 Å². The predicted molar refractivity (Wildman–Crippen MR) is 122 cm³/mol. The van der Waals surface area contributed by atoms with Gasteiger partial charge in [0.15, 0.2) is 16.4 Å². The molecule has 1 N–H and O–H groups in total. The number of anilines is 2. The summed E-state index contributed by atoms with van der Waals surface area (Å²) in [7, 11) is -1.60. The van der Waals surface area contributed by atoms with E-state index in [4.69, 9.17) is 9.47 Å². The number of nitrogens with zero attached hydrogens (tertiary/aromatic N) is 3. The largest absolute Gasteiger partial charge is 0.497 e. The van der Waals surface area contributed by atoms with Crippen LogP contribution in [0, 0.1) is 12.8 Å². The molecule has 2 aliphatic rings. The Morgan fingerprint density at radius 2 is 2.06 bits per heavy atom. The van der Waals surface area contributed by atoms with Crippen molar-refractivity contribution in [3.05, 3.63) is 36.0 Å². The average Bonchev–Trinajstić information content (AvgIpc) is 3.48. The fraction of sp³-hybridized carbons (Fsp3) is 0.455. The molecule has 2 saturated heterocycles. The minimum atomic E-state index is -3.13. The highest BCUT2D eigenvalue weighted by molar-refractivity contribution is 7.91. The molecule has 0 radical (unpaired) electrons. The molecule has 2 fully saturated rings. The topological polar surface area (TPSA) is 137 Å². The molecule has 182 valence electrons. The number of benzene rings is 1. The number of rotatable bonds is 7. The first kappa shape index (κ1) is 23.7. The Morgan fingerprint density at radius 1 is 1.26 bits per heavy atom. The van der Waals surface area contributed by atoms with Gasteiger partial charge in [-0.15, -0.1) is 0 Å². The van der Waals surface area contributed by atoms with Crippen LogP contribution >= 0.6 is 0 Å². The minimum absolute atomic E-state index is 0.0141. The molecule has 1 aromatic carbocycles. The van der Waals surface area contributed by atoms with Crippen molar-refractivity contribution in [2.24, 2.45) is 5.92 Å². The zero-order valence-corrected chi connectivity index (χ0v) is 19.7. The number of nitrogens with one attached hydrogen (secondary N) is 1. The van der Waals surface area contributed by atoms with Crippen LogP contribution in [0.1, 0.15) is 24.6 Å². The van der Waals surface area contributed by atoms with Crippen molar-refractivity contribution in [2.45, 2.75) is 25.8 Å². The summed E-state index contributed by atoms with van der Waals surface area (Å²) in [5.74, 6) is -1.14. The van der Waals surface area contributed by atoms with E-state index in [1.165, 1.54) is 16.7 Å². The van der Waals surface area contributed by atoms with Gasteiger partial charge < -0.3 is 19.7 Å². The Labute approximate surface area is 196 Å². The summed E-state index contributed by atoms with van der Waals surface area (Å²) in [6, 6.07) is 8.25.